The number of benzene rings is 3. The first kappa shape index (κ1) is 36.5. The van der Waals surface area contributed by atoms with Crippen LogP contribution in [0.25, 0.3) is 66.8 Å². The number of rotatable bonds is 4. The Morgan fingerprint density at radius 1 is 0.340 bits per heavy atom. The zero-order chi connectivity index (χ0) is 35.5. The molecule has 258 valence electrons. The van der Waals surface area contributed by atoms with Crippen molar-refractivity contribution in [3.05, 3.63) is 194 Å². The van der Waals surface area contributed by atoms with Crippen LogP contribution in [-0.2, 0) is 19.5 Å². The molecule has 0 aliphatic rings. The van der Waals surface area contributed by atoms with Crippen LogP contribution in [0.2, 0.25) is 0 Å². The summed E-state index contributed by atoms with van der Waals surface area (Å²) in [5.41, 5.74) is 12.4. The molecule has 0 fully saturated rings. The Kier molecular flexibility index (Phi) is 12.2. The first-order chi connectivity index (χ1) is 25.6. The number of hydrogen-bond acceptors (Lipinski definition) is 6. The Labute approximate surface area is 322 Å². The van der Waals surface area contributed by atoms with Gasteiger partial charge in [-0.1, -0.05) is 97.1 Å². The van der Waals surface area contributed by atoms with Gasteiger partial charge in [0.25, 0.3) is 0 Å². The number of pyridine rings is 6. The van der Waals surface area contributed by atoms with E-state index in [0.717, 1.165) is 56.0 Å². The summed E-state index contributed by atoms with van der Waals surface area (Å²) in [6, 6.07) is 52.9. The number of aryl methyl sites for hydroxylation is 2. The monoisotopic (exact) mass is 774 g/mol. The molecule has 0 aliphatic heterocycles. The maximum atomic E-state index is 4.90. The van der Waals surface area contributed by atoms with Crippen molar-refractivity contribution in [2.24, 2.45) is 0 Å². The molecule has 0 spiro atoms. The largest absolute Gasteiger partial charge is 0.255 e. The molecule has 6 nitrogen and oxygen atoms in total. The Balaban J connectivity index is 0.000000159. The van der Waals surface area contributed by atoms with Crippen molar-refractivity contribution in [1.82, 2.24) is 29.9 Å². The summed E-state index contributed by atoms with van der Waals surface area (Å²) in [5.74, 6) is 0. The first-order valence-corrected chi connectivity index (χ1v) is 17.1. The van der Waals surface area contributed by atoms with Gasteiger partial charge >= 0.3 is 0 Å². The van der Waals surface area contributed by atoms with Crippen LogP contribution < -0.4 is 0 Å². The zero-order valence-corrected chi connectivity index (χ0v) is 31.1. The number of fused-ring (bicyclic) bond motifs is 3. The molecular formula is C46H36N6Ru. The van der Waals surface area contributed by atoms with Gasteiger partial charge in [-0.25, -0.2) is 0 Å². The molecule has 6 heterocycles. The summed E-state index contributed by atoms with van der Waals surface area (Å²) in [7, 11) is 0. The average molecular weight is 774 g/mol. The smallest absolute Gasteiger partial charge is 0.0974 e. The van der Waals surface area contributed by atoms with E-state index in [4.69, 9.17) is 9.97 Å². The number of hydrogen-bond donors (Lipinski definition) is 0. The van der Waals surface area contributed by atoms with Crippen LogP contribution in [0.1, 0.15) is 11.4 Å². The first-order valence-electron chi connectivity index (χ1n) is 17.1. The molecule has 0 bridgehead atoms. The van der Waals surface area contributed by atoms with Crippen molar-refractivity contribution in [3.63, 3.8) is 0 Å². The summed E-state index contributed by atoms with van der Waals surface area (Å²) < 4.78 is 0. The van der Waals surface area contributed by atoms with E-state index >= 15 is 0 Å². The van der Waals surface area contributed by atoms with Crippen LogP contribution >= 0.6 is 0 Å². The van der Waals surface area contributed by atoms with Crippen LogP contribution in [0.3, 0.4) is 0 Å². The molecule has 7 heteroatoms. The Morgan fingerprint density at radius 3 is 0.925 bits per heavy atom. The zero-order valence-electron chi connectivity index (χ0n) is 29.4. The van der Waals surface area contributed by atoms with E-state index < -0.39 is 0 Å². The van der Waals surface area contributed by atoms with E-state index in [0.29, 0.717) is 0 Å². The molecule has 9 aromatic rings. The van der Waals surface area contributed by atoms with Crippen molar-refractivity contribution in [2.45, 2.75) is 13.8 Å². The van der Waals surface area contributed by atoms with Gasteiger partial charge in [0.05, 0.1) is 33.8 Å². The minimum Gasteiger partial charge on any atom is -0.255 e. The fraction of sp³-hybridized carbons (Fsp3) is 0.0435. The minimum atomic E-state index is 0. The maximum Gasteiger partial charge on any atom is 0.0974 e. The van der Waals surface area contributed by atoms with Gasteiger partial charge in [0.2, 0.25) is 0 Å². The second-order valence-corrected chi connectivity index (χ2v) is 12.1. The quantitative estimate of drug-likeness (QED) is 0.131. The third-order valence-corrected chi connectivity index (χ3v) is 8.37. The molecule has 0 radical (unpaired) electrons. The summed E-state index contributed by atoms with van der Waals surface area (Å²) in [5, 5.41) is 2.28. The average Bonchev–Trinajstić information content (AvgIpc) is 3.23. The van der Waals surface area contributed by atoms with Gasteiger partial charge in [-0.15, -0.1) is 0 Å². The second kappa shape index (κ2) is 17.8. The van der Waals surface area contributed by atoms with Crippen molar-refractivity contribution in [1.29, 1.82) is 0 Å². The van der Waals surface area contributed by atoms with Crippen LogP contribution in [0, 0.1) is 13.8 Å². The van der Waals surface area contributed by atoms with Crippen LogP contribution in [0.15, 0.2) is 183 Å². The SMILES string of the molecule is Cc1cc(-c2ccccc2)c2ccc3c(-c4ccccc4)cc(C)nc3c2n1.[Ru].c1ccc(-c2ccccn2)nc1.c1ccc(-c2ccccn2)nc1. The van der Waals surface area contributed by atoms with Crippen molar-refractivity contribution >= 4 is 21.8 Å². The molecule has 3 aromatic carbocycles. The molecule has 0 amide bonds. The van der Waals surface area contributed by atoms with Crippen LogP contribution in [0.4, 0.5) is 0 Å². The normalized spacial score (nSPS) is 10.3. The van der Waals surface area contributed by atoms with Gasteiger partial charge in [0.1, 0.15) is 0 Å². The molecule has 0 unspecified atom stereocenters. The van der Waals surface area contributed by atoms with Crippen LogP contribution in [-0.4, -0.2) is 29.9 Å². The van der Waals surface area contributed by atoms with Gasteiger partial charge in [-0.3, -0.25) is 29.9 Å². The molecule has 0 atom stereocenters. The maximum absolute atomic E-state index is 4.90. The predicted octanol–water partition coefficient (Wildman–Crippen LogP) is 11.0. The van der Waals surface area contributed by atoms with Gasteiger partial charge in [0.15, 0.2) is 0 Å². The Hall–Kier alpha value is -6.30. The number of nitrogens with zero attached hydrogens (tertiary/aromatic N) is 6. The molecular weight excluding hydrogens is 738 g/mol. The van der Waals surface area contributed by atoms with Crippen molar-refractivity contribution in [3.8, 4) is 45.0 Å². The second-order valence-electron chi connectivity index (χ2n) is 12.1. The fourth-order valence-electron chi connectivity index (χ4n) is 6.00. The third kappa shape index (κ3) is 8.96. The molecule has 53 heavy (non-hydrogen) atoms. The van der Waals surface area contributed by atoms with Gasteiger partial charge in [0, 0.05) is 66.4 Å². The Bertz CT molecular complexity index is 2250. The standard InChI is InChI=1S/C26H20N2.2C10H8N2.Ru/c1-17-15-23(19-9-5-3-6-10-19)21-13-14-22-24(20-11-7-4-8-12-20)16-18(2)28-26(22)25(21)27-17;2*1-3-7-11-9(5-1)10-6-2-4-8-12-10;/h3-16H,1-2H3;2*1-8H;. The molecule has 9 rings (SSSR count). The Morgan fingerprint density at radius 2 is 0.642 bits per heavy atom. The summed E-state index contributed by atoms with van der Waals surface area (Å²) >= 11 is 0. The van der Waals surface area contributed by atoms with E-state index in [2.05, 4.69) is 107 Å². The molecule has 0 N–H and O–H groups in total. The summed E-state index contributed by atoms with van der Waals surface area (Å²) in [4.78, 5) is 26.6. The van der Waals surface area contributed by atoms with Crippen LogP contribution in [0.5, 0.6) is 0 Å². The van der Waals surface area contributed by atoms with E-state index in [9.17, 15) is 0 Å². The van der Waals surface area contributed by atoms with Crippen molar-refractivity contribution < 1.29 is 19.5 Å². The molecule has 0 aliphatic carbocycles. The van der Waals surface area contributed by atoms with Gasteiger partial charge in [-0.2, -0.15) is 0 Å². The fourth-order valence-corrected chi connectivity index (χ4v) is 6.00. The topological polar surface area (TPSA) is 77.3 Å². The van der Waals surface area contributed by atoms with E-state index in [-0.39, 0.29) is 19.5 Å². The van der Waals surface area contributed by atoms with Gasteiger partial charge < -0.3 is 0 Å². The third-order valence-electron chi connectivity index (χ3n) is 8.37. The van der Waals surface area contributed by atoms with E-state index in [1.807, 2.05) is 84.9 Å². The van der Waals surface area contributed by atoms with E-state index in [1.54, 1.807) is 24.8 Å². The molecule has 6 aromatic heterocycles. The molecule has 0 saturated heterocycles. The van der Waals surface area contributed by atoms with E-state index in [1.165, 1.54) is 22.3 Å². The summed E-state index contributed by atoms with van der Waals surface area (Å²) in [6.45, 7) is 4.11. The van der Waals surface area contributed by atoms with Gasteiger partial charge in [-0.05, 0) is 96.8 Å². The molecule has 0 saturated carbocycles. The number of aromatic nitrogens is 6. The summed E-state index contributed by atoms with van der Waals surface area (Å²) in [6.07, 6.45) is 7.07. The minimum absolute atomic E-state index is 0. The van der Waals surface area contributed by atoms with Crippen molar-refractivity contribution in [2.75, 3.05) is 0 Å². The predicted molar refractivity (Wildman–Crippen MR) is 212 cm³/mol.